The molecule has 0 radical (unpaired) electrons. The maximum atomic E-state index is 5.68. The fourth-order valence-corrected chi connectivity index (χ4v) is 1.25. The summed E-state index contributed by atoms with van der Waals surface area (Å²) in [5.74, 6) is 0.916. The molecule has 0 aliphatic rings. The molecule has 3 heteroatoms. The molecule has 0 spiro atoms. The number of benzene rings is 1. The molecule has 0 heterocycles. The summed E-state index contributed by atoms with van der Waals surface area (Å²) >= 11 is 5.68. The number of rotatable bonds is 4. The topological polar surface area (TPSA) is 12.5 Å². The summed E-state index contributed by atoms with van der Waals surface area (Å²) in [6, 6.07) is 8.49. The Morgan fingerprint density at radius 3 is 2.69 bits per heavy atom. The van der Waals surface area contributed by atoms with Crippen LogP contribution in [0.15, 0.2) is 24.3 Å². The lowest BCUT2D eigenvalue weighted by Crippen LogP contribution is -2.15. The largest absolute Gasteiger partial charge is 0.496 e. The Labute approximate surface area is 84.1 Å². The lowest BCUT2D eigenvalue weighted by Gasteiger charge is -2.14. The molecule has 0 atom stereocenters. The molecule has 13 heavy (non-hydrogen) atoms. The third kappa shape index (κ3) is 2.90. The normalized spacial score (nSPS) is 10.5. The van der Waals surface area contributed by atoms with Crippen molar-refractivity contribution in [3.05, 3.63) is 29.8 Å². The van der Waals surface area contributed by atoms with E-state index in [1.165, 1.54) is 0 Å². The minimum absolute atomic E-state index is 0.526. The summed E-state index contributed by atoms with van der Waals surface area (Å²) in [6.45, 7) is 0.813. The standard InChI is InChI=1S/C10H14ClNO/c1-12(8-11)7-9-5-3-4-6-10(9)13-2/h3-6H,7-8H2,1-2H3. The summed E-state index contributed by atoms with van der Waals surface area (Å²) in [4.78, 5) is 2.01. The molecule has 0 N–H and O–H groups in total. The molecule has 1 aromatic carbocycles. The first-order chi connectivity index (χ1) is 6.27. The van der Waals surface area contributed by atoms with Crippen molar-refractivity contribution in [1.29, 1.82) is 0 Å². The van der Waals surface area contributed by atoms with Crippen molar-refractivity contribution in [3.8, 4) is 5.75 Å². The van der Waals surface area contributed by atoms with Crippen LogP contribution in [0.2, 0.25) is 0 Å². The van der Waals surface area contributed by atoms with Crippen molar-refractivity contribution in [2.75, 3.05) is 20.2 Å². The summed E-state index contributed by atoms with van der Waals surface area (Å²) in [5.41, 5.74) is 1.16. The van der Waals surface area contributed by atoms with Gasteiger partial charge in [-0.1, -0.05) is 18.2 Å². The first kappa shape index (κ1) is 10.4. The van der Waals surface area contributed by atoms with E-state index in [-0.39, 0.29) is 0 Å². The van der Waals surface area contributed by atoms with Gasteiger partial charge < -0.3 is 4.74 Å². The van der Waals surface area contributed by atoms with Crippen molar-refractivity contribution in [2.24, 2.45) is 0 Å². The number of alkyl halides is 1. The van der Waals surface area contributed by atoms with Gasteiger partial charge in [-0.2, -0.15) is 0 Å². The van der Waals surface area contributed by atoms with Crippen LogP contribution in [0.3, 0.4) is 0 Å². The predicted octanol–water partition coefficient (Wildman–Crippen LogP) is 2.32. The highest BCUT2D eigenvalue weighted by Gasteiger charge is 2.03. The van der Waals surface area contributed by atoms with Gasteiger partial charge in [0.15, 0.2) is 0 Å². The minimum Gasteiger partial charge on any atom is -0.496 e. The second-order valence-electron chi connectivity index (χ2n) is 2.95. The SMILES string of the molecule is COc1ccccc1CN(C)CCl. The Kier molecular flexibility index (Phi) is 4.06. The molecule has 0 amide bonds. The highest BCUT2D eigenvalue weighted by atomic mass is 35.5. The summed E-state index contributed by atoms with van der Waals surface area (Å²) in [7, 11) is 3.65. The van der Waals surface area contributed by atoms with Gasteiger partial charge in [-0.3, -0.25) is 4.90 Å². The Balaban J connectivity index is 2.74. The minimum atomic E-state index is 0.526. The fourth-order valence-electron chi connectivity index (χ4n) is 1.17. The summed E-state index contributed by atoms with van der Waals surface area (Å²) < 4.78 is 5.22. The number of para-hydroxylation sites is 1. The monoisotopic (exact) mass is 199 g/mol. The molecule has 0 fully saturated rings. The maximum absolute atomic E-state index is 5.68. The highest BCUT2D eigenvalue weighted by molar-refractivity contribution is 6.17. The molecular formula is C10H14ClNO. The van der Waals surface area contributed by atoms with Crippen LogP contribution in [0.1, 0.15) is 5.56 Å². The zero-order chi connectivity index (χ0) is 9.68. The Hall–Kier alpha value is -0.730. The van der Waals surface area contributed by atoms with Crippen molar-refractivity contribution in [2.45, 2.75) is 6.54 Å². The molecule has 1 rings (SSSR count). The smallest absolute Gasteiger partial charge is 0.123 e. The Bertz CT molecular complexity index is 265. The summed E-state index contributed by atoms with van der Waals surface area (Å²) in [6.07, 6.45) is 0. The molecule has 2 nitrogen and oxygen atoms in total. The molecule has 0 aromatic heterocycles. The lowest BCUT2D eigenvalue weighted by molar-refractivity contribution is 0.360. The number of nitrogens with zero attached hydrogens (tertiary/aromatic N) is 1. The number of hydrogen-bond acceptors (Lipinski definition) is 2. The van der Waals surface area contributed by atoms with Crippen molar-refractivity contribution < 1.29 is 4.74 Å². The van der Waals surface area contributed by atoms with Crippen molar-refractivity contribution in [1.82, 2.24) is 4.90 Å². The first-order valence-corrected chi connectivity index (χ1v) is 4.67. The molecule has 0 bridgehead atoms. The van der Waals surface area contributed by atoms with Gasteiger partial charge in [0.05, 0.1) is 13.1 Å². The third-order valence-corrected chi connectivity index (χ3v) is 2.24. The second kappa shape index (κ2) is 5.10. The first-order valence-electron chi connectivity index (χ1n) is 4.14. The van der Waals surface area contributed by atoms with E-state index in [4.69, 9.17) is 16.3 Å². The van der Waals surface area contributed by atoms with Gasteiger partial charge in [-0.15, -0.1) is 11.6 Å². The molecule has 0 saturated carbocycles. The van der Waals surface area contributed by atoms with Crippen LogP contribution in [0.4, 0.5) is 0 Å². The van der Waals surface area contributed by atoms with Crippen LogP contribution in [-0.2, 0) is 6.54 Å². The van der Waals surface area contributed by atoms with E-state index in [0.29, 0.717) is 6.00 Å². The zero-order valence-electron chi connectivity index (χ0n) is 7.96. The van der Waals surface area contributed by atoms with Gasteiger partial charge in [-0.05, 0) is 13.1 Å². The fraction of sp³-hybridized carbons (Fsp3) is 0.400. The van der Waals surface area contributed by atoms with Gasteiger partial charge >= 0.3 is 0 Å². The predicted molar refractivity (Wildman–Crippen MR) is 55.2 cm³/mol. The highest BCUT2D eigenvalue weighted by Crippen LogP contribution is 2.18. The van der Waals surface area contributed by atoms with Crippen molar-refractivity contribution in [3.63, 3.8) is 0 Å². The van der Waals surface area contributed by atoms with Gasteiger partial charge in [0.25, 0.3) is 0 Å². The van der Waals surface area contributed by atoms with Gasteiger partial charge in [0.1, 0.15) is 5.75 Å². The van der Waals surface area contributed by atoms with E-state index < -0.39 is 0 Å². The molecule has 0 unspecified atom stereocenters. The molecule has 0 saturated heterocycles. The van der Waals surface area contributed by atoms with E-state index in [1.54, 1.807) is 7.11 Å². The molecule has 0 aliphatic carbocycles. The van der Waals surface area contributed by atoms with Crippen LogP contribution < -0.4 is 4.74 Å². The average molecular weight is 200 g/mol. The van der Waals surface area contributed by atoms with Gasteiger partial charge in [0, 0.05) is 12.1 Å². The zero-order valence-corrected chi connectivity index (χ0v) is 8.71. The second-order valence-corrected chi connectivity index (χ2v) is 3.18. The van der Waals surface area contributed by atoms with Crippen LogP contribution in [0.5, 0.6) is 5.75 Å². The van der Waals surface area contributed by atoms with Crippen LogP contribution in [0.25, 0.3) is 0 Å². The summed E-state index contributed by atoms with van der Waals surface area (Å²) in [5, 5.41) is 0. The molecule has 72 valence electrons. The van der Waals surface area contributed by atoms with E-state index in [9.17, 15) is 0 Å². The Morgan fingerprint density at radius 2 is 2.08 bits per heavy atom. The molecule has 1 aromatic rings. The quantitative estimate of drug-likeness (QED) is 0.545. The van der Waals surface area contributed by atoms with E-state index in [1.807, 2.05) is 36.2 Å². The van der Waals surface area contributed by atoms with Gasteiger partial charge in [-0.25, -0.2) is 0 Å². The van der Waals surface area contributed by atoms with E-state index in [0.717, 1.165) is 17.9 Å². The molecule has 0 aliphatic heterocycles. The van der Waals surface area contributed by atoms with Crippen LogP contribution >= 0.6 is 11.6 Å². The van der Waals surface area contributed by atoms with Gasteiger partial charge in [0.2, 0.25) is 0 Å². The van der Waals surface area contributed by atoms with Crippen molar-refractivity contribution >= 4 is 11.6 Å². The van der Waals surface area contributed by atoms with Crippen LogP contribution in [0, 0.1) is 0 Å². The Morgan fingerprint density at radius 1 is 1.38 bits per heavy atom. The lowest BCUT2D eigenvalue weighted by atomic mass is 10.2. The maximum Gasteiger partial charge on any atom is 0.123 e. The van der Waals surface area contributed by atoms with E-state index in [2.05, 4.69) is 0 Å². The van der Waals surface area contributed by atoms with E-state index >= 15 is 0 Å². The van der Waals surface area contributed by atoms with Crippen LogP contribution in [-0.4, -0.2) is 25.1 Å². The number of ether oxygens (including phenoxy) is 1. The molecular weight excluding hydrogens is 186 g/mol. The number of hydrogen-bond donors (Lipinski definition) is 0. The number of halogens is 1. The third-order valence-electron chi connectivity index (χ3n) is 1.84. The number of methoxy groups -OCH3 is 1. The average Bonchev–Trinajstić information content (AvgIpc) is 2.18.